The summed E-state index contributed by atoms with van der Waals surface area (Å²) in [6.07, 6.45) is 0. The molecule has 3 aromatic rings. The van der Waals surface area contributed by atoms with Crippen molar-refractivity contribution in [2.24, 2.45) is 0 Å². The predicted octanol–water partition coefficient (Wildman–Crippen LogP) is 3.90. The quantitative estimate of drug-likeness (QED) is 0.628. The highest BCUT2D eigenvalue weighted by Crippen LogP contribution is 2.26. The van der Waals surface area contributed by atoms with Crippen LogP contribution in [-0.4, -0.2) is 25.9 Å². The molecule has 1 heterocycles. The zero-order chi connectivity index (χ0) is 19.2. The number of nitrogens with one attached hydrogen (secondary N) is 1. The number of nitrogens with zero attached hydrogens (tertiary/aromatic N) is 3. The molecular formula is C20H21FN4OS. The van der Waals surface area contributed by atoms with Crippen molar-refractivity contribution in [3.8, 4) is 11.4 Å². The van der Waals surface area contributed by atoms with Crippen LogP contribution in [0.1, 0.15) is 19.4 Å². The highest BCUT2D eigenvalue weighted by Gasteiger charge is 2.20. The number of aromatic nitrogens is 3. The molecule has 140 valence electrons. The van der Waals surface area contributed by atoms with Crippen LogP contribution < -0.4 is 5.32 Å². The third-order valence-electron chi connectivity index (χ3n) is 4.10. The van der Waals surface area contributed by atoms with Crippen molar-refractivity contribution in [1.82, 2.24) is 20.1 Å². The average Bonchev–Trinajstić information content (AvgIpc) is 3.10. The van der Waals surface area contributed by atoms with Gasteiger partial charge < -0.3 is 9.88 Å². The van der Waals surface area contributed by atoms with Gasteiger partial charge in [-0.3, -0.25) is 4.79 Å². The van der Waals surface area contributed by atoms with Gasteiger partial charge in [-0.2, -0.15) is 0 Å². The monoisotopic (exact) mass is 384 g/mol. The van der Waals surface area contributed by atoms with Crippen LogP contribution in [0.2, 0.25) is 0 Å². The van der Waals surface area contributed by atoms with Crippen LogP contribution in [-0.2, 0) is 17.9 Å². The lowest BCUT2D eigenvalue weighted by Gasteiger charge is -2.13. The van der Waals surface area contributed by atoms with E-state index in [2.05, 4.69) is 15.5 Å². The number of benzene rings is 2. The van der Waals surface area contributed by atoms with Gasteiger partial charge in [0.25, 0.3) is 0 Å². The molecule has 0 aliphatic heterocycles. The standard InChI is InChI=1S/C20H21FN4OS/c1-3-25-18(16-7-5-4-6-8-16)23-24-20(25)27-14(2)19(26)22-13-15-9-11-17(21)12-10-15/h4-12,14H,3,13H2,1-2H3,(H,22,26)/t14-/m0/s1. The first-order valence-electron chi connectivity index (χ1n) is 8.76. The molecule has 27 heavy (non-hydrogen) atoms. The van der Waals surface area contributed by atoms with Gasteiger partial charge >= 0.3 is 0 Å². The van der Waals surface area contributed by atoms with Crippen LogP contribution >= 0.6 is 11.8 Å². The van der Waals surface area contributed by atoms with Gasteiger partial charge in [-0.15, -0.1) is 10.2 Å². The van der Waals surface area contributed by atoms with Crippen molar-refractivity contribution in [3.63, 3.8) is 0 Å². The maximum atomic E-state index is 12.9. The van der Waals surface area contributed by atoms with E-state index >= 15 is 0 Å². The first-order valence-corrected chi connectivity index (χ1v) is 9.64. The first kappa shape index (κ1) is 19.1. The largest absolute Gasteiger partial charge is 0.351 e. The second-order valence-corrected chi connectivity index (χ2v) is 7.33. The van der Waals surface area contributed by atoms with E-state index in [0.717, 1.165) is 17.0 Å². The Bertz CT molecular complexity index is 896. The van der Waals surface area contributed by atoms with Crippen molar-refractivity contribution in [2.75, 3.05) is 0 Å². The molecule has 0 bridgehead atoms. The van der Waals surface area contributed by atoms with Crippen molar-refractivity contribution in [3.05, 3.63) is 66.0 Å². The molecule has 0 aliphatic rings. The first-order chi connectivity index (χ1) is 13.1. The number of hydrogen-bond acceptors (Lipinski definition) is 4. The smallest absolute Gasteiger partial charge is 0.233 e. The number of thioether (sulfide) groups is 1. The van der Waals surface area contributed by atoms with Gasteiger partial charge in [-0.05, 0) is 31.5 Å². The number of halogens is 1. The van der Waals surface area contributed by atoms with Gasteiger partial charge in [0.2, 0.25) is 5.91 Å². The normalized spacial score (nSPS) is 12.0. The number of amides is 1. The minimum atomic E-state index is -0.330. The van der Waals surface area contributed by atoms with E-state index in [9.17, 15) is 9.18 Å². The summed E-state index contributed by atoms with van der Waals surface area (Å²) in [4.78, 5) is 12.4. The Hall–Kier alpha value is -2.67. The topological polar surface area (TPSA) is 59.8 Å². The highest BCUT2D eigenvalue weighted by atomic mass is 32.2. The zero-order valence-corrected chi connectivity index (χ0v) is 16.0. The molecule has 0 saturated carbocycles. The lowest BCUT2D eigenvalue weighted by molar-refractivity contribution is -0.120. The third-order valence-corrected chi connectivity index (χ3v) is 5.18. The Labute approximate surface area is 162 Å². The zero-order valence-electron chi connectivity index (χ0n) is 15.2. The fourth-order valence-electron chi connectivity index (χ4n) is 2.61. The molecule has 0 saturated heterocycles. The van der Waals surface area contributed by atoms with Gasteiger partial charge in [0.1, 0.15) is 5.82 Å². The summed E-state index contributed by atoms with van der Waals surface area (Å²) in [6, 6.07) is 15.9. The Morgan fingerprint density at radius 1 is 1.15 bits per heavy atom. The van der Waals surface area contributed by atoms with Gasteiger partial charge in [-0.1, -0.05) is 54.2 Å². The number of rotatable bonds is 7. The molecule has 0 aliphatic carbocycles. The number of hydrogen-bond donors (Lipinski definition) is 1. The highest BCUT2D eigenvalue weighted by molar-refractivity contribution is 8.00. The lowest BCUT2D eigenvalue weighted by Crippen LogP contribution is -2.30. The van der Waals surface area contributed by atoms with Crippen LogP contribution in [0.3, 0.4) is 0 Å². The van der Waals surface area contributed by atoms with Crippen LogP contribution in [0.25, 0.3) is 11.4 Å². The van der Waals surface area contributed by atoms with E-state index in [1.165, 1.54) is 23.9 Å². The predicted molar refractivity (Wildman–Crippen MR) is 105 cm³/mol. The molecular weight excluding hydrogens is 363 g/mol. The summed E-state index contributed by atoms with van der Waals surface area (Å²) in [7, 11) is 0. The second kappa shape index (κ2) is 8.81. The molecule has 0 fully saturated rings. The number of carbonyl (C=O) groups excluding carboxylic acids is 1. The third kappa shape index (κ3) is 4.74. The van der Waals surface area contributed by atoms with Crippen molar-refractivity contribution in [2.45, 2.75) is 37.3 Å². The molecule has 3 rings (SSSR count). The second-order valence-electron chi connectivity index (χ2n) is 6.02. The molecule has 7 heteroatoms. The Kier molecular flexibility index (Phi) is 6.24. The van der Waals surface area contributed by atoms with Gasteiger partial charge in [0.05, 0.1) is 5.25 Å². The van der Waals surface area contributed by atoms with Gasteiger partial charge in [0.15, 0.2) is 11.0 Å². The molecule has 5 nitrogen and oxygen atoms in total. The fraction of sp³-hybridized carbons (Fsp3) is 0.250. The van der Waals surface area contributed by atoms with Crippen LogP contribution in [0, 0.1) is 5.82 Å². The molecule has 1 N–H and O–H groups in total. The van der Waals surface area contributed by atoms with Crippen molar-refractivity contribution >= 4 is 17.7 Å². The summed E-state index contributed by atoms with van der Waals surface area (Å²) in [5, 5.41) is 11.8. The Balaban J connectivity index is 1.65. The van der Waals surface area contributed by atoms with E-state index in [1.54, 1.807) is 12.1 Å². The average molecular weight is 384 g/mol. The van der Waals surface area contributed by atoms with Crippen LogP contribution in [0.5, 0.6) is 0 Å². The van der Waals surface area contributed by atoms with Crippen molar-refractivity contribution in [1.29, 1.82) is 0 Å². The molecule has 1 aromatic heterocycles. The summed E-state index contributed by atoms with van der Waals surface area (Å²) in [6.45, 7) is 4.93. The van der Waals surface area contributed by atoms with Gasteiger partial charge in [-0.25, -0.2) is 4.39 Å². The summed E-state index contributed by atoms with van der Waals surface area (Å²) < 4.78 is 14.9. The van der Waals surface area contributed by atoms with Crippen LogP contribution in [0.15, 0.2) is 59.8 Å². The fourth-order valence-corrected chi connectivity index (χ4v) is 3.55. The molecule has 1 atom stereocenters. The Morgan fingerprint density at radius 3 is 2.52 bits per heavy atom. The van der Waals surface area contributed by atoms with E-state index in [0.29, 0.717) is 18.2 Å². The molecule has 1 amide bonds. The van der Waals surface area contributed by atoms with E-state index in [-0.39, 0.29) is 17.0 Å². The minimum Gasteiger partial charge on any atom is -0.351 e. The maximum absolute atomic E-state index is 12.9. The summed E-state index contributed by atoms with van der Waals surface area (Å²) in [5.74, 6) is 0.401. The molecule has 2 aromatic carbocycles. The molecule has 0 radical (unpaired) electrons. The van der Waals surface area contributed by atoms with Gasteiger partial charge in [0, 0.05) is 18.7 Å². The summed E-state index contributed by atoms with van der Waals surface area (Å²) in [5.41, 5.74) is 1.84. The molecule has 0 spiro atoms. The Morgan fingerprint density at radius 2 is 1.85 bits per heavy atom. The number of carbonyl (C=O) groups is 1. The lowest BCUT2D eigenvalue weighted by atomic mass is 10.2. The maximum Gasteiger partial charge on any atom is 0.233 e. The SMILES string of the molecule is CCn1c(S[C@@H](C)C(=O)NCc2ccc(F)cc2)nnc1-c1ccccc1. The molecule has 0 unspecified atom stereocenters. The van der Waals surface area contributed by atoms with Crippen LogP contribution in [0.4, 0.5) is 4.39 Å². The summed E-state index contributed by atoms with van der Waals surface area (Å²) >= 11 is 1.37. The minimum absolute atomic E-state index is 0.101. The van der Waals surface area contributed by atoms with Crippen molar-refractivity contribution < 1.29 is 9.18 Å². The van der Waals surface area contributed by atoms with E-state index < -0.39 is 0 Å². The van der Waals surface area contributed by atoms with E-state index in [4.69, 9.17) is 0 Å². The van der Waals surface area contributed by atoms with E-state index in [1.807, 2.05) is 48.7 Å².